The molecule has 1 aromatic carbocycles. The Balaban J connectivity index is 1.86. The number of halogens is 1. The van der Waals surface area contributed by atoms with Crippen LogP contribution in [0.2, 0.25) is 5.02 Å². The molecule has 0 heterocycles. The standard InChI is InChI=1S/C15H22ClN/c1-2-4-12-7-8-15(16)14(9-12)11-17-10-13-5-3-6-13/h7-9,13,17H,2-6,10-11H2,1H3. The summed E-state index contributed by atoms with van der Waals surface area (Å²) in [6.07, 6.45) is 6.55. The smallest absolute Gasteiger partial charge is 0.0451 e. The van der Waals surface area contributed by atoms with Gasteiger partial charge in [-0.3, -0.25) is 0 Å². The molecule has 1 saturated carbocycles. The van der Waals surface area contributed by atoms with Crippen molar-refractivity contribution in [3.8, 4) is 0 Å². The van der Waals surface area contributed by atoms with Gasteiger partial charge in [0.25, 0.3) is 0 Å². The van der Waals surface area contributed by atoms with Crippen molar-refractivity contribution < 1.29 is 0 Å². The van der Waals surface area contributed by atoms with E-state index >= 15 is 0 Å². The summed E-state index contributed by atoms with van der Waals surface area (Å²) in [6, 6.07) is 6.42. The number of hydrogen-bond donors (Lipinski definition) is 1. The van der Waals surface area contributed by atoms with Crippen LogP contribution < -0.4 is 5.32 Å². The van der Waals surface area contributed by atoms with Crippen LogP contribution in [0.4, 0.5) is 0 Å². The molecule has 0 bridgehead atoms. The van der Waals surface area contributed by atoms with Gasteiger partial charge in [0.1, 0.15) is 0 Å². The zero-order valence-electron chi connectivity index (χ0n) is 10.6. The molecule has 1 aliphatic carbocycles. The van der Waals surface area contributed by atoms with E-state index in [1.165, 1.54) is 36.8 Å². The molecule has 1 aromatic rings. The van der Waals surface area contributed by atoms with E-state index in [4.69, 9.17) is 11.6 Å². The van der Waals surface area contributed by atoms with E-state index in [1.807, 2.05) is 6.07 Å². The van der Waals surface area contributed by atoms with E-state index in [1.54, 1.807) is 0 Å². The van der Waals surface area contributed by atoms with Crippen LogP contribution in [0.1, 0.15) is 43.7 Å². The Morgan fingerprint density at radius 3 is 2.82 bits per heavy atom. The quantitative estimate of drug-likeness (QED) is 0.800. The first kappa shape index (κ1) is 12.9. The Labute approximate surface area is 110 Å². The number of hydrogen-bond acceptors (Lipinski definition) is 1. The highest BCUT2D eigenvalue weighted by Gasteiger charge is 2.16. The van der Waals surface area contributed by atoms with Crippen LogP contribution in [0.3, 0.4) is 0 Å². The van der Waals surface area contributed by atoms with E-state index < -0.39 is 0 Å². The maximum absolute atomic E-state index is 6.22. The molecule has 0 saturated heterocycles. The number of benzene rings is 1. The summed E-state index contributed by atoms with van der Waals surface area (Å²) >= 11 is 6.22. The van der Waals surface area contributed by atoms with Crippen LogP contribution in [0, 0.1) is 5.92 Å². The van der Waals surface area contributed by atoms with Gasteiger partial charge in [-0.2, -0.15) is 0 Å². The van der Waals surface area contributed by atoms with Gasteiger partial charge in [-0.1, -0.05) is 43.5 Å². The molecular formula is C15H22ClN. The SMILES string of the molecule is CCCc1ccc(Cl)c(CNCC2CCC2)c1. The highest BCUT2D eigenvalue weighted by molar-refractivity contribution is 6.31. The topological polar surface area (TPSA) is 12.0 Å². The first-order valence-corrected chi connectivity index (χ1v) is 7.15. The fourth-order valence-corrected chi connectivity index (χ4v) is 2.50. The minimum Gasteiger partial charge on any atom is -0.312 e. The van der Waals surface area contributed by atoms with E-state index in [9.17, 15) is 0 Å². The van der Waals surface area contributed by atoms with E-state index in [-0.39, 0.29) is 0 Å². The zero-order chi connectivity index (χ0) is 12.1. The molecule has 2 heteroatoms. The first-order chi connectivity index (χ1) is 8.29. The third-order valence-electron chi connectivity index (χ3n) is 3.62. The highest BCUT2D eigenvalue weighted by Crippen LogP contribution is 2.25. The molecule has 0 radical (unpaired) electrons. The molecule has 1 aliphatic rings. The molecule has 0 aromatic heterocycles. The van der Waals surface area contributed by atoms with Crippen molar-refractivity contribution in [1.82, 2.24) is 5.32 Å². The lowest BCUT2D eigenvalue weighted by atomic mass is 9.85. The number of aryl methyl sites for hydroxylation is 1. The van der Waals surface area contributed by atoms with E-state index in [0.29, 0.717) is 0 Å². The Morgan fingerprint density at radius 1 is 1.35 bits per heavy atom. The van der Waals surface area contributed by atoms with Crippen LogP contribution in [-0.2, 0) is 13.0 Å². The average Bonchev–Trinajstić information content (AvgIpc) is 2.26. The number of nitrogens with one attached hydrogen (secondary N) is 1. The predicted molar refractivity (Wildman–Crippen MR) is 74.5 cm³/mol. The lowest BCUT2D eigenvalue weighted by Gasteiger charge is -2.25. The summed E-state index contributed by atoms with van der Waals surface area (Å²) in [6.45, 7) is 4.27. The average molecular weight is 252 g/mol. The molecule has 2 rings (SSSR count). The van der Waals surface area contributed by atoms with Gasteiger partial charge in [0, 0.05) is 11.6 Å². The minimum absolute atomic E-state index is 0.894. The summed E-state index contributed by atoms with van der Waals surface area (Å²) in [5.74, 6) is 0.910. The van der Waals surface area contributed by atoms with E-state index in [2.05, 4.69) is 24.4 Å². The Hall–Kier alpha value is -0.530. The lowest BCUT2D eigenvalue weighted by Crippen LogP contribution is -2.27. The van der Waals surface area contributed by atoms with Crippen LogP contribution in [0.15, 0.2) is 18.2 Å². The third-order valence-corrected chi connectivity index (χ3v) is 3.99. The fourth-order valence-electron chi connectivity index (χ4n) is 2.32. The molecule has 1 fully saturated rings. The van der Waals surface area contributed by atoms with Crippen molar-refractivity contribution in [1.29, 1.82) is 0 Å². The maximum atomic E-state index is 6.22. The van der Waals surface area contributed by atoms with Crippen LogP contribution in [0.5, 0.6) is 0 Å². The van der Waals surface area contributed by atoms with Gasteiger partial charge in [0.05, 0.1) is 0 Å². The second-order valence-corrected chi connectivity index (χ2v) is 5.51. The van der Waals surface area contributed by atoms with E-state index in [0.717, 1.165) is 30.5 Å². The Morgan fingerprint density at radius 2 is 2.18 bits per heavy atom. The van der Waals surface area contributed by atoms with Crippen molar-refractivity contribution in [2.75, 3.05) is 6.54 Å². The van der Waals surface area contributed by atoms with Gasteiger partial charge >= 0.3 is 0 Å². The van der Waals surface area contributed by atoms with Crippen molar-refractivity contribution >= 4 is 11.6 Å². The predicted octanol–water partition coefficient (Wildman–Crippen LogP) is 4.18. The van der Waals surface area contributed by atoms with Gasteiger partial charge in [0.2, 0.25) is 0 Å². The highest BCUT2D eigenvalue weighted by atomic mass is 35.5. The zero-order valence-corrected chi connectivity index (χ0v) is 11.4. The largest absolute Gasteiger partial charge is 0.312 e. The summed E-state index contributed by atoms with van der Waals surface area (Å²) in [5.41, 5.74) is 2.65. The van der Waals surface area contributed by atoms with Crippen molar-refractivity contribution in [2.45, 2.75) is 45.6 Å². The molecular weight excluding hydrogens is 230 g/mol. The molecule has 1 nitrogen and oxygen atoms in total. The second-order valence-electron chi connectivity index (χ2n) is 5.10. The maximum Gasteiger partial charge on any atom is 0.0451 e. The number of rotatable bonds is 6. The summed E-state index contributed by atoms with van der Waals surface area (Å²) in [7, 11) is 0. The molecule has 17 heavy (non-hydrogen) atoms. The van der Waals surface area contributed by atoms with Gasteiger partial charge < -0.3 is 5.32 Å². The molecule has 0 spiro atoms. The normalized spacial score (nSPS) is 15.9. The monoisotopic (exact) mass is 251 g/mol. The third kappa shape index (κ3) is 3.72. The minimum atomic E-state index is 0.894. The molecule has 0 atom stereocenters. The van der Waals surface area contributed by atoms with Crippen LogP contribution in [-0.4, -0.2) is 6.54 Å². The van der Waals surface area contributed by atoms with Gasteiger partial charge in [0.15, 0.2) is 0 Å². The van der Waals surface area contributed by atoms with Crippen molar-refractivity contribution in [3.63, 3.8) is 0 Å². The fraction of sp³-hybridized carbons (Fsp3) is 0.600. The summed E-state index contributed by atoms with van der Waals surface area (Å²) in [4.78, 5) is 0. The van der Waals surface area contributed by atoms with Gasteiger partial charge in [-0.15, -0.1) is 0 Å². The molecule has 0 amide bonds. The lowest BCUT2D eigenvalue weighted by molar-refractivity contribution is 0.301. The summed E-state index contributed by atoms with van der Waals surface area (Å²) in [5, 5.41) is 4.42. The molecule has 94 valence electrons. The van der Waals surface area contributed by atoms with Crippen molar-refractivity contribution in [3.05, 3.63) is 34.3 Å². The molecule has 1 N–H and O–H groups in total. The van der Waals surface area contributed by atoms with Gasteiger partial charge in [-0.25, -0.2) is 0 Å². The Bertz CT molecular complexity index is 358. The molecule has 0 aliphatic heterocycles. The first-order valence-electron chi connectivity index (χ1n) is 6.77. The summed E-state index contributed by atoms with van der Waals surface area (Å²) < 4.78 is 0. The Kier molecular flexibility index (Phi) is 4.87. The van der Waals surface area contributed by atoms with Crippen molar-refractivity contribution in [2.24, 2.45) is 5.92 Å². The second kappa shape index (κ2) is 6.42. The molecule has 0 unspecified atom stereocenters. The van der Waals surface area contributed by atoms with Gasteiger partial charge in [-0.05, 0) is 48.9 Å². The van der Waals surface area contributed by atoms with Crippen LogP contribution >= 0.6 is 11.6 Å². The van der Waals surface area contributed by atoms with Crippen LogP contribution in [0.25, 0.3) is 0 Å².